The summed E-state index contributed by atoms with van der Waals surface area (Å²) in [6, 6.07) is 31.4. The van der Waals surface area contributed by atoms with Gasteiger partial charge in [0.15, 0.2) is 0 Å². The topological polar surface area (TPSA) is 0 Å². The van der Waals surface area contributed by atoms with Crippen molar-refractivity contribution in [2.24, 2.45) is 11.8 Å². The van der Waals surface area contributed by atoms with Crippen LogP contribution in [0.1, 0.15) is 48.4 Å². The van der Waals surface area contributed by atoms with Gasteiger partial charge in [-0.2, -0.15) is 0 Å². The molecule has 1 aliphatic carbocycles. The van der Waals surface area contributed by atoms with Gasteiger partial charge >= 0.3 is 0 Å². The molecule has 3 atom stereocenters. The van der Waals surface area contributed by atoms with Gasteiger partial charge in [-0.25, -0.2) is 0 Å². The maximum atomic E-state index is 4.02. The summed E-state index contributed by atoms with van der Waals surface area (Å²) in [5.74, 6) is 1.14. The van der Waals surface area contributed by atoms with E-state index in [0.29, 0.717) is 17.8 Å². The van der Waals surface area contributed by atoms with Crippen LogP contribution < -0.4 is 0 Å². The number of hydrogen-bond donors (Lipinski definition) is 0. The van der Waals surface area contributed by atoms with Crippen molar-refractivity contribution in [3.05, 3.63) is 156 Å². The molecule has 3 unspecified atom stereocenters. The van der Waals surface area contributed by atoms with Crippen molar-refractivity contribution in [1.29, 1.82) is 0 Å². The first-order valence-electron chi connectivity index (χ1n) is 13.9. The molecule has 38 heavy (non-hydrogen) atoms. The van der Waals surface area contributed by atoms with Crippen molar-refractivity contribution in [2.45, 2.75) is 39.5 Å². The second-order valence-corrected chi connectivity index (χ2v) is 10.7. The zero-order chi connectivity index (χ0) is 26.5. The van der Waals surface area contributed by atoms with Crippen molar-refractivity contribution in [2.75, 3.05) is 0 Å². The van der Waals surface area contributed by atoms with Crippen LogP contribution in [0.2, 0.25) is 0 Å². The van der Waals surface area contributed by atoms with E-state index in [2.05, 4.69) is 143 Å². The van der Waals surface area contributed by atoms with E-state index in [1.165, 1.54) is 49.7 Å². The average molecular weight is 495 g/mol. The summed E-state index contributed by atoms with van der Waals surface area (Å²) >= 11 is 0. The van der Waals surface area contributed by atoms with Gasteiger partial charge in [0.05, 0.1) is 0 Å². The van der Waals surface area contributed by atoms with E-state index in [1.54, 1.807) is 0 Å². The Morgan fingerprint density at radius 1 is 0.868 bits per heavy atom. The Morgan fingerprint density at radius 3 is 2.29 bits per heavy atom. The van der Waals surface area contributed by atoms with Gasteiger partial charge in [-0.1, -0.05) is 134 Å². The first-order chi connectivity index (χ1) is 18.6. The van der Waals surface area contributed by atoms with E-state index in [0.717, 1.165) is 12.8 Å². The Hall–Kier alpha value is -3.90. The fraction of sp³-hybridized carbons (Fsp3) is 0.211. The van der Waals surface area contributed by atoms with E-state index >= 15 is 0 Å². The molecule has 0 nitrogen and oxygen atoms in total. The Labute approximate surface area is 228 Å². The van der Waals surface area contributed by atoms with Crippen molar-refractivity contribution in [3.8, 4) is 11.1 Å². The van der Waals surface area contributed by atoms with Gasteiger partial charge in [-0.15, -0.1) is 6.58 Å². The quantitative estimate of drug-likeness (QED) is 0.214. The predicted octanol–water partition coefficient (Wildman–Crippen LogP) is 10.4. The molecule has 0 bridgehead atoms. The maximum absolute atomic E-state index is 4.02. The molecule has 0 saturated heterocycles. The first kappa shape index (κ1) is 25.7. The Kier molecular flexibility index (Phi) is 7.89. The van der Waals surface area contributed by atoms with Crippen molar-refractivity contribution in [1.82, 2.24) is 0 Å². The van der Waals surface area contributed by atoms with Gasteiger partial charge in [0, 0.05) is 11.8 Å². The van der Waals surface area contributed by atoms with Crippen LogP contribution >= 0.6 is 0 Å². The van der Waals surface area contributed by atoms with E-state index in [1.807, 2.05) is 6.08 Å². The second-order valence-electron chi connectivity index (χ2n) is 10.7. The highest BCUT2D eigenvalue weighted by atomic mass is 14.3. The van der Waals surface area contributed by atoms with Crippen LogP contribution in [-0.2, 0) is 6.42 Å². The van der Waals surface area contributed by atoms with Crippen LogP contribution in [0.4, 0.5) is 0 Å². The molecule has 0 radical (unpaired) electrons. The summed E-state index contributed by atoms with van der Waals surface area (Å²) in [4.78, 5) is 0. The molecule has 0 amide bonds. The molecule has 0 N–H and O–H groups in total. The molecular weight excluding hydrogens is 456 g/mol. The summed E-state index contributed by atoms with van der Waals surface area (Å²) in [6.07, 6.45) is 15.7. The number of aryl methyl sites for hydroxylation is 1. The fourth-order valence-electron chi connectivity index (χ4n) is 5.80. The van der Waals surface area contributed by atoms with E-state index < -0.39 is 0 Å². The average Bonchev–Trinajstić information content (AvgIpc) is 2.94. The molecule has 0 aliphatic heterocycles. The third-order valence-electron chi connectivity index (χ3n) is 7.93. The molecule has 1 aliphatic rings. The lowest BCUT2D eigenvalue weighted by molar-refractivity contribution is 0.617. The van der Waals surface area contributed by atoms with Crippen molar-refractivity contribution >= 4 is 10.8 Å². The maximum Gasteiger partial charge on any atom is 0.00932 e. The molecule has 0 aromatic heterocycles. The molecule has 4 aromatic rings. The molecule has 0 heteroatoms. The summed E-state index contributed by atoms with van der Waals surface area (Å²) in [7, 11) is 0. The van der Waals surface area contributed by atoms with E-state index in [9.17, 15) is 0 Å². The minimum atomic E-state index is 0.334. The number of allylic oxidation sites excluding steroid dienone is 7. The number of fused-ring (bicyclic) bond motifs is 1. The molecule has 0 fully saturated rings. The lowest BCUT2D eigenvalue weighted by Crippen LogP contribution is -2.15. The molecule has 0 saturated carbocycles. The van der Waals surface area contributed by atoms with Crippen LogP contribution in [0.3, 0.4) is 0 Å². The van der Waals surface area contributed by atoms with Crippen LogP contribution in [0, 0.1) is 18.8 Å². The van der Waals surface area contributed by atoms with Gasteiger partial charge in [0.1, 0.15) is 0 Å². The van der Waals surface area contributed by atoms with E-state index in [4.69, 9.17) is 0 Å². The predicted molar refractivity (Wildman–Crippen MR) is 166 cm³/mol. The summed E-state index contributed by atoms with van der Waals surface area (Å²) in [6.45, 7) is 10.6. The highest BCUT2D eigenvalue weighted by Crippen LogP contribution is 2.41. The monoisotopic (exact) mass is 494 g/mol. The van der Waals surface area contributed by atoms with Gasteiger partial charge in [-0.05, 0) is 76.8 Å². The van der Waals surface area contributed by atoms with Gasteiger partial charge in [-0.3, -0.25) is 0 Å². The standard InChI is InChI=1S/C38H38/c1-5-9-30(10-6-2)34-20-15-28(4)37(26-34)38-35(24-23-33-11-7-8-12-36(33)38)25-29-16-21-32(22-17-29)31-18-13-27(3)14-19-31/h5-8,10-24,26,28,30,37H,1,9,25H2,2-4H3/b10-6-. The summed E-state index contributed by atoms with van der Waals surface area (Å²) < 4.78 is 0. The zero-order valence-corrected chi connectivity index (χ0v) is 22.9. The minimum absolute atomic E-state index is 0.334. The third kappa shape index (κ3) is 5.50. The van der Waals surface area contributed by atoms with Crippen molar-refractivity contribution in [3.63, 3.8) is 0 Å². The van der Waals surface area contributed by atoms with Gasteiger partial charge < -0.3 is 0 Å². The number of hydrogen-bond acceptors (Lipinski definition) is 0. The second kappa shape index (κ2) is 11.7. The molecular formula is C38H38. The summed E-state index contributed by atoms with van der Waals surface area (Å²) in [5, 5.41) is 2.68. The molecule has 0 spiro atoms. The highest BCUT2D eigenvalue weighted by molar-refractivity contribution is 5.88. The van der Waals surface area contributed by atoms with E-state index in [-0.39, 0.29) is 0 Å². The van der Waals surface area contributed by atoms with Crippen LogP contribution in [0.25, 0.3) is 21.9 Å². The fourth-order valence-corrected chi connectivity index (χ4v) is 5.80. The third-order valence-corrected chi connectivity index (χ3v) is 7.93. The SMILES string of the molecule is C=CCC(/C=C\C)C1=CC(c2c(Cc3ccc(-c4ccc(C)cc4)cc3)ccc3ccccc23)C(C)C=C1. The molecule has 4 aromatic carbocycles. The Morgan fingerprint density at radius 2 is 1.58 bits per heavy atom. The molecule has 190 valence electrons. The first-order valence-corrected chi connectivity index (χ1v) is 13.9. The summed E-state index contributed by atoms with van der Waals surface area (Å²) in [5.41, 5.74) is 9.46. The molecule has 0 heterocycles. The lowest BCUT2D eigenvalue weighted by atomic mass is 9.75. The number of benzene rings is 4. The lowest BCUT2D eigenvalue weighted by Gasteiger charge is -2.29. The van der Waals surface area contributed by atoms with Crippen LogP contribution in [0.15, 0.2) is 134 Å². The smallest absolute Gasteiger partial charge is 0.00932 e. The minimum Gasteiger partial charge on any atom is -0.103 e. The highest BCUT2D eigenvalue weighted by Gasteiger charge is 2.25. The van der Waals surface area contributed by atoms with Gasteiger partial charge in [0.2, 0.25) is 0 Å². The van der Waals surface area contributed by atoms with Crippen molar-refractivity contribution < 1.29 is 0 Å². The van der Waals surface area contributed by atoms with Gasteiger partial charge in [0.25, 0.3) is 0 Å². The normalized spacial score (nSPS) is 18.0. The van der Waals surface area contributed by atoms with Crippen LogP contribution in [0.5, 0.6) is 0 Å². The Bertz CT molecular complexity index is 1490. The largest absolute Gasteiger partial charge is 0.103 e. The number of rotatable bonds is 8. The molecule has 5 rings (SSSR count). The van der Waals surface area contributed by atoms with Crippen LogP contribution in [-0.4, -0.2) is 0 Å². The Balaban J connectivity index is 1.54. The zero-order valence-electron chi connectivity index (χ0n) is 22.9.